The van der Waals surface area contributed by atoms with Crippen LogP contribution in [0.1, 0.15) is 17.2 Å². The first-order valence-electron chi connectivity index (χ1n) is 6.06. The summed E-state index contributed by atoms with van der Waals surface area (Å²) in [4.78, 5) is 11.4. The van der Waals surface area contributed by atoms with Crippen molar-refractivity contribution in [3.8, 4) is 5.75 Å². The van der Waals surface area contributed by atoms with Gasteiger partial charge in [0.25, 0.3) is 0 Å². The van der Waals surface area contributed by atoms with Crippen molar-refractivity contribution in [1.29, 1.82) is 0 Å². The van der Waals surface area contributed by atoms with E-state index in [-0.39, 0.29) is 11.3 Å². The molecular weight excluding hydrogens is 278 g/mol. The quantitative estimate of drug-likeness (QED) is 0.792. The van der Waals surface area contributed by atoms with E-state index in [1.54, 1.807) is 0 Å². The third kappa shape index (κ3) is 3.50. The van der Waals surface area contributed by atoms with Crippen LogP contribution in [0.5, 0.6) is 5.75 Å². The first-order chi connectivity index (χ1) is 9.58. The third-order valence-electron chi connectivity index (χ3n) is 2.90. The third-order valence-corrected chi connectivity index (χ3v) is 3.14. The number of hydrogen-bond donors (Lipinski definition) is 3. The fourth-order valence-electron chi connectivity index (χ4n) is 1.90. The normalized spacial score (nSPS) is 12.1. The fraction of sp³-hybridized carbons (Fsp3) is 0.133. The second-order valence-corrected chi connectivity index (χ2v) is 4.78. The highest BCUT2D eigenvalue weighted by Crippen LogP contribution is 2.27. The Morgan fingerprint density at radius 1 is 1.20 bits per heavy atom. The molecule has 1 unspecified atom stereocenters. The number of nitrogens with one attached hydrogen (secondary N) is 1. The molecule has 20 heavy (non-hydrogen) atoms. The van der Waals surface area contributed by atoms with Gasteiger partial charge in [0, 0.05) is 17.1 Å². The van der Waals surface area contributed by atoms with E-state index in [0.29, 0.717) is 11.6 Å². The summed E-state index contributed by atoms with van der Waals surface area (Å²) in [6, 6.07) is 12.8. The lowest BCUT2D eigenvalue weighted by molar-refractivity contribution is -0.139. The van der Waals surface area contributed by atoms with Crippen LogP contribution in [0.15, 0.2) is 48.5 Å². The zero-order valence-electron chi connectivity index (χ0n) is 10.6. The van der Waals surface area contributed by atoms with E-state index < -0.39 is 12.0 Å². The number of carboxylic acids is 1. The highest BCUT2D eigenvalue weighted by molar-refractivity contribution is 6.30. The summed E-state index contributed by atoms with van der Waals surface area (Å²) in [5.74, 6) is -1.17. The van der Waals surface area contributed by atoms with Gasteiger partial charge in [-0.25, -0.2) is 0 Å². The highest BCUT2D eigenvalue weighted by Gasteiger charge is 2.22. The minimum absolute atomic E-state index is 0.0950. The average Bonchev–Trinajstić information content (AvgIpc) is 2.43. The van der Waals surface area contributed by atoms with Crippen LogP contribution in [-0.4, -0.2) is 16.2 Å². The topological polar surface area (TPSA) is 69.6 Å². The molecule has 2 aromatic rings. The Morgan fingerprint density at radius 2 is 1.90 bits per heavy atom. The second kappa shape index (κ2) is 6.41. The molecule has 0 aliphatic carbocycles. The Balaban J connectivity index is 2.19. The Kier molecular flexibility index (Phi) is 4.61. The van der Waals surface area contributed by atoms with Gasteiger partial charge in [-0.3, -0.25) is 10.1 Å². The number of rotatable bonds is 5. The number of phenolic OH excluding ortho intramolecular Hbond substituents is 1. The molecule has 0 spiro atoms. The first kappa shape index (κ1) is 14.4. The lowest BCUT2D eigenvalue weighted by atomic mass is 10.1. The molecule has 0 saturated carbocycles. The predicted molar refractivity (Wildman–Crippen MR) is 76.8 cm³/mol. The van der Waals surface area contributed by atoms with Crippen LogP contribution in [-0.2, 0) is 11.3 Å². The van der Waals surface area contributed by atoms with Crippen LogP contribution >= 0.6 is 11.6 Å². The average molecular weight is 292 g/mol. The minimum atomic E-state index is -1.07. The van der Waals surface area contributed by atoms with Crippen molar-refractivity contribution < 1.29 is 15.0 Å². The molecule has 0 saturated heterocycles. The van der Waals surface area contributed by atoms with Gasteiger partial charge in [-0.1, -0.05) is 41.9 Å². The number of benzene rings is 2. The van der Waals surface area contributed by atoms with Crippen molar-refractivity contribution in [2.24, 2.45) is 0 Å². The second-order valence-electron chi connectivity index (χ2n) is 4.34. The fourth-order valence-corrected chi connectivity index (χ4v) is 2.08. The monoisotopic (exact) mass is 291 g/mol. The summed E-state index contributed by atoms with van der Waals surface area (Å²) >= 11 is 5.85. The van der Waals surface area contributed by atoms with Gasteiger partial charge >= 0.3 is 5.97 Å². The van der Waals surface area contributed by atoms with Crippen LogP contribution < -0.4 is 5.32 Å². The molecule has 1 atom stereocenters. The van der Waals surface area contributed by atoms with Crippen molar-refractivity contribution >= 4 is 17.6 Å². The van der Waals surface area contributed by atoms with Gasteiger partial charge in [0.05, 0.1) is 0 Å². The van der Waals surface area contributed by atoms with E-state index in [0.717, 1.165) is 5.56 Å². The number of aromatic hydroxyl groups is 1. The number of halogens is 1. The largest absolute Gasteiger partial charge is 0.508 e. The van der Waals surface area contributed by atoms with Crippen molar-refractivity contribution in [1.82, 2.24) is 5.32 Å². The van der Waals surface area contributed by atoms with E-state index in [9.17, 15) is 15.0 Å². The van der Waals surface area contributed by atoms with Gasteiger partial charge in [-0.2, -0.15) is 0 Å². The molecule has 4 nitrogen and oxygen atoms in total. The standard InChI is InChI=1S/C15H14ClNO3/c16-11-6-7-13(18)12(8-11)14(15(19)20)17-9-10-4-2-1-3-5-10/h1-8,14,17-18H,9H2,(H,19,20). The Labute approximate surface area is 121 Å². The van der Waals surface area contributed by atoms with Crippen LogP contribution in [0.3, 0.4) is 0 Å². The molecule has 2 rings (SSSR count). The minimum Gasteiger partial charge on any atom is -0.508 e. The molecule has 0 heterocycles. The van der Waals surface area contributed by atoms with Crippen LogP contribution in [0, 0.1) is 0 Å². The highest BCUT2D eigenvalue weighted by atomic mass is 35.5. The van der Waals surface area contributed by atoms with Crippen molar-refractivity contribution in [2.45, 2.75) is 12.6 Å². The molecular formula is C15H14ClNO3. The van der Waals surface area contributed by atoms with Crippen LogP contribution in [0.2, 0.25) is 5.02 Å². The van der Waals surface area contributed by atoms with Gasteiger partial charge in [-0.15, -0.1) is 0 Å². The zero-order chi connectivity index (χ0) is 14.5. The maximum Gasteiger partial charge on any atom is 0.325 e. The Morgan fingerprint density at radius 3 is 2.55 bits per heavy atom. The number of carboxylic acid groups (broad SMARTS) is 1. The summed E-state index contributed by atoms with van der Waals surface area (Å²) in [6.07, 6.45) is 0. The Hall–Kier alpha value is -2.04. The molecule has 0 amide bonds. The Bertz CT molecular complexity index is 601. The van der Waals surface area contributed by atoms with Crippen LogP contribution in [0.4, 0.5) is 0 Å². The molecule has 3 N–H and O–H groups in total. The molecule has 0 aliphatic rings. The van der Waals surface area contributed by atoms with Gasteiger partial charge in [0.1, 0.15) is 11.8 Å². The van der Waals surface area contributed by atoms with Crippen LogP contribution in [0.25, 0.3) is 0 Å². The van der Waals surface area contributed by atoms with Gasteiger partial charge in [0.15, 0.2) is 0 Å². The maximum atomic E-state index is 11.4. The SMILES string of the molecule is O=C(O)C(NCc1ccccc1)c1cc(Cl)ccc1O. The van der Waals surface area contributed by atoms with Gasteiger partial charge in [-0.05, 0) is 23.8 Å². The van der Waals surface area contributed by atoms with Gasteiger partial charge in [0.2, 0.25) is 0 Å². The molecule has 104 valence electrons. The molecule has 0 aromatic heterocycles. The van der Waals surface area contributed by atoms with E-state index in [4.69, 9.17) is 11.6 Å². The van der Waals surface area contributed by atoms with E-state index >= 15 is 0 Å². The summed E-state index contributed by atoms with van der Waals surface area (Å²) in [7, 11) is 0. The molecule has 0 bridgehead atoms. The molecule has 0 fully saturated rings. The predicted octanol–water partition coefficient (Wildman–Crippen LogP) is 2.96. The zero-order valence-corrected chi connectivity index (χ0v) is 11.3. The van der Waals surface area contributed by atoms with Crippen molar-refractivity contribution in [2.75, 3.05) is 0 Å². The molecule has 0 radical (unpaired) electrons. The summed E-state index contributed by atoms with van der Waals surface area (Å²) < 4.78 is 0. The number of hydrogen-bond acceptors (Lipinski definition) is 3. The molecule has 0 aliphatic heterocycles. The number of carbonyl (C=O) groups is 1. The maximum absolute atomic E-state index is 11.4. The lowest BCUT2D eigenvalue weighted by Crippen LogP contribution is -2.28. The molecule has 5 heteroatoms. The van der Waals surface area contributed by atoms with Gasteiger partial charge < -0.3 is 10.2 Å². The summed E-state index contributed by atoms with van der Waals surface area (Å²) in [5, 5.41) is 22.4. The van der Waals surface area contributed by atoms with Crippen molar-refractivity contribution in [3.05, 3.63) is 64.7 Å². The van der Waals surface area contributed by atoms with E-state index in [1.807, 2.05) is 30.3 Å². The smallest absolute Gasteiger partial charge is 0.325 e. The molecule has 2 aromatic carbocycles. The van der Waals surface area contributed by atoms with E-state index in [2.05, 4.69) is 5.32 Å². The summed E-state index contributed by atoms with van der Waals surface area (Å²) in [6.45, 7) is 0.379. The number of aliphatic carboxylic acids is 1. The lowest BCUT2D eigenvalue weighted by Gasteiger charge is -2.16. The van der Waals surface area contributed by atoms with Crippen molar-refractivity contribution in [3.63, 3.8) is 0 Å². The van der Waals surface area contributed by atoms with E-state index in [1.165, 1.54) is 18.2 Å². The summed E-state index contributed by atoms with van der Waals surface area (Å²) in [5.41, 5.74) is 1.21. The number of phenols is 1. The first-order valence-corrected chi connectivity index (χ1v) is 6.44.